The third kappa shape index (κ3) is 3.90. The standard InChI is InChI=1S/C18H22N2OS2/c1-19(2)15-6-3-5-14(13-15)18(21)20-9-8-17(23-12-10-20)16-7-4-11-22-16/h3-7,11,13,17H,8-10,12H2,1-2H3. The second kappa shape index (κ2) is 7.41. The first-order valence-corrected chi connectivity index (χ1v) is 9.79. The van der Waals surface area contributed by atoms with Gasteiger partial charge in [-0.15, -0.1) is 11.3 Å². The first-order chi connectivity index (χ1) is 11.1. The molecule has 5 heteroatoms. The zero-order chi connectivity index (χ0) is 16.2. The topological polar surface area (TPSA) is 23.6 Å². The molecular weight excluding hydrogens is 324 g/mol. The van der Waals surface area contributed by atoms with Crippen LogP contribution in [0.3, 0.4) is 0 Å². The summed E-state index contributed by atoms with van der Waals surface area (Å²) in [5.41, 5.74) is 1.85. The van der Waals surface area contributed by atoms with Crippen LogP contribution in [0.25, 0.3) is 0 Å². The van der Waals surface area contributed by atoms with E-state index in [2.05, 4.69) is 17.5 Å². The average Bonchev–Trinajstić information content (AvgIpc) is 2.99. The summed E-state index contributed by atoms with van der Waals surface area (Å²) in [5.74, 6) is 1.16. The van der Waals surface area contributed by atoms with Gasteiger partial charge in [0.25, 0.3) is 5.91 Å². The molecule has 1 aromatic carbocycles. The normalized spacial score (nSPS) is 18.5. The van der Waals surface area contributed by atoms with Crippen molar-refractivity contribution in [3.8, 4) is 0 Å². The molecule has 2 heterocycles. The van der Waals surface area contributed by atoms with Crippen LogP contribution in [-0.2, 0) is 0 Å². The van der Waals surface area contributed by atoms with Gasteiger partial charge in [0.05, 0.1) is 0 Å². The second-order valence-electron chi connectivity index (χ2n) is 5.90. The van der Waals surface area contributed by atoms with E-state index < -0.39 is 0 Å². The van der Waals surface area contributed by atoms with Gasteiger partial charge in [0.2, 0.25) is 0 Å². The average molecular weight is 347 g/mol. The van der Waals surface area contributed by atoms with Crippen molar-refractivity contribution in [1.29, 1.82) is 0 Å². The number of carbonyl (C=O) groups is 1. The SMILES string of the molecule is CN(C)c1cccc(C(=O)N2CCSC(c3cccs3)CC2)c1. The number of rotatable bonds is 3. The van der Waals surface area contributed by atoms with Gasteiger partial charge in [-0.1, -0.05) is 12.1 Å². The molecular formula is C18H22N2OS2. The fraction of sp³-hybridized carbons (Fsp3) is 0.389. The molecule has 1 fully saturated rings. The number of amides is 1. The van der Waals surface area contributed by atoms with Gasteiger partial charge in [0.1, 0.15) is 0 Å². The van der Waals surface area contributed by atoms with Crippen molar-refractivity contribution >= 4 is 34.7 Å². The van der Waals surface area contributed by atoms with Gasteiger partial charge < -0.3 is 9.80 Å². The van der Waals surface area contributed by atoms with E-state index in [0.717, 1.165) is 36.5 Å². The molecule has 2 aromatic rings. The number of hydrogen-bond acceptors (Lipinski definition) is 4. The van der Waals surface area contributed by atoms with Crippen LogP contribution in [0, 0.1) is 0 Å². The van der Waals surface area contributed by atoms with Crippen LogP contribution in [0.2, 0.25) is 0 Å². The zero-order valence-corrected chi connectivity index (χ0v) is 15.2. The van der Waals surface area contributed by atoms with E-state index in [1.807, 2.05) is 71.3 Å². The molecule has 0 N–H and O–H groups in total. The van der Waals surface area contributed by atoms with Gasteiger partial charge in [-0.3, -0.25) is 4.79 Å². The van der Waals surface area contributed by atoms with Gasteiger partial charge in [-0.05, 0) is 36.1 Å². The number of hydrogen-bond donors (Lipinski definition) is 0. The second-order valence-corrected chi connectivity index (χ2v) is 8.19. The molecule has 1 aliphatic heterocycles. The maximum Gasteiger partial charge on any atom is 0.253 e. The Morgan fingerprint density at radius 2 is 2.09 bits per heavy atom. The van der Waals surface area contributed by atoms with Crippen molar-refractivity contribution in [2.24, 2.45) is 0 Å². The van der Waals surface area contributed by atoms with Gasteiger partial charge in [0.15, 0.2) is 0 Å². The fourth-order valence-electron chi connectivity index (χ4n) is 2.78. The molecule has 0 radical (unpaired) electrons. The van der Waals surface area contributed by atoms with Gasteiger partial charge in [-0.2, -0.15) is 11.8 Å². The summed E-state index contributed by atoms with van der Waals surface area (Å²) < 4.78 is 0. The Bertz CT molecular complexity index is 655. The number of thioether (sulfide) groups is 1. The third-order valence-electron chi connectivity index (χ3n) is 4.10. The van der Waals surface area contributed by atoms with Crippen molar-refractivity contribution in [3.05, 3.63) is 52.2 Å². The molecule has 1 amide bonds. The summed E-state index contributed by atoms with van der Waals surface area (Å²) in [6.45, 7) is 1.66. The van der Waals surface area contributed by atoms with E-state index in [-0.39, 0.29) is 5.91 Å². The van der Waals surface area contributed by atoms with Crippen LogP contribution in [0.1, 0.15) is 26.9 Å². The molecule has 23 heavy (non-hydrogen) atoms. The Hall–Kier alpha value is -1.46. The third-order valence-corrected chi connectivity index (χ3v) is 6.54. The van der Waals surface area contributed by atoms with Crippen LogP contribution in [0.15, 0.2) is 41.8 Å². The maximum absolute atomic E-state index is 12.8. The lowest BCUT2D eigenvalue weighted by Crippen LogP contribution is -2.33. The van der Waals surface area contributed by atoms with Crippen molar-refractivity contribution in [3.63, 3.8) is 0 Å². The summed E-state index contributed by atoms with van der Waals surface area (Å²) >= 11 is 3.79. The first kappa shape index (κ1) is 16.4. The molecule has 3 nitrogen and oxygen atoms in total. The molecule has 0 saturated carbocycles. The van der Waals surface area contributed by atoms with Crippen LogP contribution >= 0.6 is 23.1 Å². The monoisotopic (exact) mass is 346 g/mol. The Morgan fingerprint density at radius 1 is 1.22 bits per heavy atom. The summed E-state index contributed by atoms with van der Waals surface area (Å²) in [6.07, 6.45) is 1.03. The number of nitrogens with zero attached hydrogens (tertiary/aromatic N) is 2. The Balaban J connectivity index is 1.69. The summed E-state index contributed by atoms with van der Waals surface area (Å²) in [5, 5.41) is 2.66. The lowest BCUT2D eigenvalue weighted by Gasteiger charge is -2.21. The largest absolute Gasteiger partial charge is 0.378 e. The summed E-state index contributed by atoms with van der Waals surface area (Å²) in [7, 11) is 4.00. The minimum Gasteiger partial charge on any atom is -0.378 e. The lowest BCUT2D eigenvalue weighted by molar-refractivity contribution is 0.0766. The highest BCUT2D eigenvalue weighted by atomic mass is 32.2. The molecule has 3 rings (SSSR count). The van der Waals surface area contributed by atoms with Crippen molar-refractivity contribution < 1.29 is 4.79 Å². The molecule has 1 aliphatic rings. The highest BCUT2D eigenvalue weighted by molar-refractivity contribution is 7.99. The molecule has 1 unspecified atom stereocenters. The predicted octanol–water partition coefficient (Wildman–Crippen LogP) is 4.13. The molecule has 1 atom stereocenters. The molecule has 0 spiro atoms. The van der Waals surface area contributed by atoms with Crippen molar-refractivity contribution in [1.82, 2.24) is 4.90 Å². The van der Waals surface area contributed by atoms with E-state index in [1.165, 1.54) is 4.88 Å². The van der Waals surface area contributed by atoms with Crippen LogP contribution in [0.5, 0.6) is 0 Å². The lowest BCUT2D eigenvalue weighted by atomic mass is 10.1. The van der Waals surface area contributed by atoms with Crippen LogP contribution in [0.4, 0.5) is 5.69 Å². The first-order valence-electron chi connectivity index (χ1n) is 7.87. The van der Waals surface area contributed by atoms with Gasteiger partial charge in [0, 0.05) is 54.3 Å². The van der Waals surface area contributed by atoms with Crippen molar-refractivity contribution in [2.75, 3.05) is 37.8 Å². The molecule has 122 valence electrons. The number of anilines is 1. The smallest absolute Gasteiger partial charge is 0.253 e. The Morgan fingerprint density at radius 3 is 2.83 bits per heavy atom. The van der Waals surface area contributed by atoms with E-state index in [1.54, 1.807) is 0 Å². The van der Waals surface area contributed by atoms with E-state index in [9.17, 15) is 4.79 Å². The molecule has 1 aromatic heterocycles. The van der Waals surface area contributed by atoms with Gasteiger partial charge >= 0.3 is 0 Å². The zero-order valence-electron chi connectivity index (χ0n) is 13.6. The predicted molar refractivity (Wildman–Crippen MR) is 101 cm³/mol. The minimum atomic E-state index is 0.154. The van der Waals surface area contributed by atoms with Gasteiger partial charge in [-0.25, -0.2) is 0 Å². The highest BCUT2D eigenvalue weighted by Gasteiger charge is 2.23. The Labute approximate surface area is 146 Å². The minimum absolute atomic E-state index is 0.154. The van der Waals surface area contributed by atoms with E-state index in [0.29, 0.717) is 5.25 Å². The Kier molecular flexibility index (Phi) is 5.28. The quantitative estimate of drug-likeness (QED) is 0.835. The number of carbonyl (C=O) groups excluding carboxylic acids is 1. The maximum atomic E-state index is 12.8. The summed E-state index contributed by atoms with van der Waals surface area (Å²) in [6, 6.07) is 12.2. The number of benzene rings is 1. The highest BCUT2D eigenvalue weighted by Crippen LogP contribution is 2.36. The molecule has 1 saturated heterocycles. The molecule has 0 aliphatic carbocycles. The van der Waals surface area contributed by atoms with Crippen LogP contribution < -0.4 is 4.90 Å². The summed E-state index contributed by atoms with van der Waals surface area (Å²) in [4.78, 5) is 18.3. The van der Waals surface area contributed by atoms with Crippen molar-refractivity contribution in [2.45, 2.75) is 11.7 Å². The van der Waals surface area contributed by atoms with E-state index in [4.69, 9.17) is 0 Å². The number of thiophene rings is 1. The van der Waals surface area contributed by atoms with Crippen LogP contribution in [-0.4, -0.2) is 43.7 Å². The molecule has 0 bridgehead atoms. The van der Waals surface area contributed by atoms with E-state index >= 15 is 0 Å². The fourth-order valence-corrected chi connectivity index (χ4v) is 5.01.